The van der Waals surface area contributed by atoms with E-state index in [1.807, 2.05) is 13.8 Å². The quantitative estimate of drug-likeness (QED) is 0.738. The molecule has 0 aromatic heterocycles. The Balaban J connectivity index is 2.56. The summed E-state index contributed by atoms with van der Waals surface area (Å²) in [5, 5.41) is 20.3. The van der Waals surface area contributed by atoms with Gasteiger partial charge in [-0.25, -0.2) is 0 Å². The van der Waals surface area contributed by atoms with E-state index in [1.165, 1.54) is 5.57 Å². The number of aliphatic hydroxyl groups is 2. The molecule has 3 unspecified atom stereocenters. The van der Waals surface area contributed by atoms with Crippen molar-refractivity contribution in [2.24, 2.45) is 5.92 Å². The number of aliphatic hydroxyl groups excluding tert-OH is 1. The summed E-state index contributed by atoms with van der Waals surface area (Å²) in [5.41, 5.74) is 1.66. The Bertz CT molecular complexity index is 309. The van der Waals surface area contributed by atoms with Gasteiger partial charge in [-0.2, -0.15) is 0 Å². The van der Waals surface area contributed by atoms with Crippen molar-refractivity contribution >= 4 is 0 Å². The van der Waals surface area contributed by atoms with Gasteiger partial charge in [0.2, 0.25) is 0 Å². The van der Waals surface area contributed by atoms with E-state index < -0.39 is 5.60 Å². The summed E-state index contributed by atoms with van der Waals surface area (Å²) >= 11 is 0. The molecule has 0 aromatic carbocycles. The van der Waals surface area contributed by atoms with Gasteiger partial charge in [0.15, 0.2) is 0 Å². The maximum absolute atomic E-state index is 10.5. The smallest absolute Gasteiger partial charge is 0.0751 e. The van der Waals surface area contributed by atoms with Crippen LogP contribution in [-0.2, 0) is 0 Å². The van der Waals surface area contributed by atoms with Crippen LogP contribution in [0.3, 0.4) is 0 Å². The van der Waals surface area contributed by atoms with Gasteiger partial charge in [0.1, 0.15) is 0 Å². The third kappa shape index (κ3) is 4.29. The highest BCUT2D eigenvalue weighted by molar-refractivity contribution is 5.11. The molecular formula is C15H26O2. The second-order valence-electron chi connectivity index (χ2n) is 5.81. The second-order valence-corrected chi connectivity index (χ2v) is 5.81. The normalized spacial score (nSPS) is 28.2. The first-order valence-electron chi connectivity index (χ1n) is 6.53. The van der Waals surface area contributed by atoms with E-state index in [0.29, 0.717) is 6.42 Å². The van der Waals surface area contributed by atoms with Gasteiger partial charge in [0.25, 0.3) is 0 Å². The van der Waals surface area contributed by atoms with Crippen molar-refractivity contribution in [1.29, 1.82) is 0 Å². The standard InChI is InChI=1S/C15H26O2/c1-11(2)6-5-9-15(4,17)13-8-7-12(3)14(16)10-13/h6-7,13-14,16-17H,5,8-10H2,1-4H3. The Morgan fingerprint density at radius 1 is 1.53 bits per heavy atom. The van der Waals surface area contributed by atoms with Crippen LogP contribution >= 0.6 is 0 Å². The Labute approximate surface area is 105 Å². The van der Waals surface area contributed by atoms with E-state index >= 15 is 0 Å². The summed E-state index contributed by atoms with van der Waals surface area (Å²) in [6.45, 7) is 8.01. The minimum atomic E-state index is -0.676. The van der Waals surface area contributed by atoms with Crippen LogP contribution in [-0.4, -0.2) is 21.9 Å². The average Bonchev–Trinajstić information content (AvgIpc) is 2.21. The molecule has 98 valence electrons. The van der Waals surface area contributed by atoms with Gasteiger partial charge in [0.05, 0.1) is 11.7 Å². The summed E-state index contributed by atoms with van der Waals surface area (Å²) in [6, 6.07) is 0. The molecule has 1 aliphatic carbocycles. The van der Waals surface area contributed by atoms with Crippen LogP contribution in [0.5, 0.6) is 0 Å². The van der Waals surface area contributed by atoms with Gasteiger partial charge in [-0.15, -0.1) is 0 Å². The molecule has 0 radical (unpaired) electrons. The zero-order valence-electron chi connectivity index (χ0n) is 11.5. The maximum atomic E-state index is 10.5. The molecule has 0 saturated heterocycles. The lowest BCUT2D eigenvalue weighted by Crippen LogP contribution is -2.38. The topological polar surface area (TPSA) is 40.5 Å². The van der Waals surface area contributed by atoms with Crippen molar-refractivity contribution in [1.82, 2.24) is 0 Å². The molecule has 0 amide bonds. The fourth-order valence-electron chi connectivity index (χ4n) is 2.38. The lowest BCUT2D eigenvalue weighted by Gasteiger charge is -2.36. The molecule has 0 aliphatic heterocycles. The molecule has 0 fully saturated rings. The SMILES string of the molecule is CC(C)=CCCC(C)(O)C1CC=C(C)C(O)C1. The van der Waals surface area contributed by atoms with Crippen molar-refractivity contribution in [3.63, 3.8) is 0 Å². The maximum Gasteiger partial charge on any atom is 0.0751 e. The molecule has 0 saturated carbocycles. The van der Waals surface area contributed by atoms with Crippen molar-refractivity contribution in [3.05, 3.63) is 23.3 Å². The molecule has 2 heteroatoms. The zero-order chi connectivity index (χ0) is 13.1. The Hall–Kier alpha value is -0.600. The highest BCUT2D eigenvalue weighted by Crippen LogP contribution is 2.34. The van der Waals surface area contributed by atoms with E-state index in [2.05, 4.69) is 26.0 Å². The molecule has 2 N–H and O–H groups in total. The van der Waals surface area contributed by atoms with E-state index in [-0.39, 0.29) is 12.0 Å². The third-order valence-electron chi connectivity index (χ3n) is 3.84. The van der Waals surface area contributed by atoms with Crippen molar-refractivity contribution in [2.75, 3.05) is 0 Å². The van der Waals surface area contributed by atoms with Crippen LogP contribution in [0.25, 0.3) is 0 Å². The van der Waals surface area contributed by atoms with E-state index in [9.17, 15) is 10.2 Å². The van der Waals surface area contributed by atoms with Gasteiger partial charge in [0, 0.05) is 0 Å². The Morgan fingerprint density at radius 2 is 2.18 bits per heavy atom. The molecule has 2 nitrogen and oxygen atoms in total. The van der Waals surface area contributed by atoms with Crippen molar-refractivity contribution in [3.8, 4) is 0 Å². The Morgan fingerprint density at radius 3 is 2.71 bits per heavy atom. The predicted octanol–water partition coefficient (Wildman–Crippen LogP) is 3.20. The number of rotatable bonds is 4. The number of allylic oxidation sites excluding steroid dienone is 3. The molecule has 1 aliphatic rings. The van der Waals surface area contributed by atoms with Crippen molar-refractivity contribution in [2.45, 2.75) is 65.1 Å². The number of hydrogen-bond donors (Lipinski definition) is 2. The van der Waals surface area contributed by atoms with Crippen molar-refractivity contribution < 1.29 is 10.2 Å². The molecule has 3 atom stereocenters. The lowest BCUT2D eigenvalue weighted by atomic mass is 9.75. The van der Waals surface area contributed by atoms with Crippen LogP contribution in [0.2, 0.25) is 0 Å². The summed E-state index contributed by atoms with van der Waals surface area (Å²) < 4.78 is 0. The summed E-state index contributed by atoms with van der Waals surface area (Å²) in [5.74, 6) is 0.173. The van der Waals surface area contributed by atoms with Gasteiger partial charge in [-0.3, -0.25) is 0 Å². The first kappa shape index (κ1) is 14.5. The monoisotopic (exact) mass is 238 g/mol. The third-order valence-corrected chi connectivity index (χ3v) is 3.84. The largest absolute Gasteiger partial charge is 0.390 e. The van der Waals surface area contributed by atoms with Gasteiger partial charge < -0.3 is 10.2 Å². The summed E-state index contributed by atoms with van der Waals surface area (Å²) in [4.78, 5) is 0. The molecule has 0 bridgehead atoms. The van der Waals surface area contributed by atoms with E-state index in [4.69, 9.17) is 0 Å². The average molecular weight is 238 g/mol. The molecule has 17 heavy (non-hydrogen) atoms. The first-order chi connectivity index (χ1) is 7.83. The Kier molecular flexibility index (Phi) is 4.96. The number of hydrogen-bond acceptors (Lipinski definition) is 2. The minimum Gasteiger partial charge on any atom is -0.390 e. The van der Waals surface area contributed by atoms with Crippen LogP contribution < -0.4 is 0 Å². The van der Waals surface area contributed by atoms with E-state index in [0.717, 1.165) is 24.8 Å². The first-order valence-corrected chi connectivity index (χ1v) is 6.53. The summed E-state index contributed by atoms with van der Waals surface area (Å²) in [6.07, 6.45) is 7.09. The molecule has 1 rings (SSSR count). The summed E-state index contributed by atoms with van der Waals surface area (Å²) in [7, 11) is 0. The van der Waals surface area contributed by atoms with Crippen LogP contribution in [0.1, 0.15) is 53.4 Å². The van der Waals surface area contributed by atoms with E-state index in [1.54, 1.807) is 0 Å². The highest BCUT2D eigenvalue weighted by atomic mass is 16.3. The highest BCUT2D eigenvalue weighted by Gasteiger charge is 2.34. The van der Waals surface area contributed by atoms with Gasteiger partial charge in [-0.1, -0.05) is 17.7 Å². The van der Waals surface area contributed by atoms with Crippen LogP contribution in [0.15, 0.2) is 23.3 Å². The van der Waals surface area contributed by atoms with Gasteiger partial charge >= 0.3 is 0 Å². The minimum absolute atomic E-state index is 0.173. The molecule has 0 heterocycles. The zero-order valence-corrected chi connectivity index (χ0v) is 11.5. The lowest BCUT2D eigenvalue weighted by molar-refractivity contribution is -0.0270. The van der Waals surface area contributed by atoms with Crippen LogP contribution in [0, 0.1) is 5.92 Å². The fraction of sp³-hybridized carbons (Fsp3) is 0.733. The predicted molar refractivity (Wildman–Crippen MR) is 71.8 cm³/mol. The van der Waals surface area contributed by atoms with Crippen LogP contribution in [0.4, 0.5) is 0 Å². The molecule has 0 aromatic rings. The molecular weight excluding hydrogens is 212 g/mol. The fourth-order valence-corrected chi connectivity index (χ4v) is 2.38. The molecule has 0 spiro atoms. The second kappa shape index (κ2) is 5.83. The van der Waals surface area contributed by atoms with Gasteiger partial charge in [-0.05, 0) is 64.9 Å².